The maximum absolute atomic E-state index is 12.6. The number of hydrogen-bond acceptors (Lipinski definition) is 4. The van der Waals surface area contributed by atoms with E-state index in [1.165, 1.54) is 4.90 Å². The maximum atomic E-state index is 12.6. The van der Waals surface area contributed by atoms with Crippen molar-refractivity contribution in [3.63, 3.8) is 0 Å². The molecule has 22 heavy (non-hydrogen) atoms. The lowest BCUT2D eigenvalue weighted by atomic mass is 9.95. The molecule has 6 nitrogen and oxygen atoms in total. The molecule has 2 atom stereocenters. The lowest BCUT2D eigenvalue weighted by Crippen LogP contribution is -2.46. The number of benzene rings is 1. The minimum atomic E-state index is -0.926. The molecule has 0 aromatic heterocycles. The third-order valence-electron chi connectivity index (χ3n) is 4.34. The highest BCUT2D eigenvalue weighted by Gasteiger charge is 2.38. The highest BCUT2D eigenvalue weighted by atomic mass is 16.5. The molecule has 2 aliphatic heterocycles. The Hall–Kier alpha value is -2.24. The molecule has 1 unspecified atom stereocenters. The van der Waals surface area contributed by atoms with Crippen LogP contribution in [0, 0.1) is 5.92 Å². The van der Waals surface area contributed by atoms with Gasteiger partial charge in [0.05, 0.1) is 13.0 Å². The van der Waals surface area contributed by atoms with Gasteiger partial charge in [0, 0.05) is 6.54 Å². The highest BCUT2D eigenvalue weighted by Crippen LogP contribution is 2.32. The van der Waals surface area contributed by atoms with Crippen molar-refractivity contribution in [3.05, 3.63) is 23.8 Å². The van der Waals surface area contributed by atoms with Crippen molar-refractivity contribution in [2.24, 2.45) is 5.92 Å². The van der Waals surface area contributed by atoms with Crippen LogP contribution in [0.4, 0.5) is 0 Å². The molecular weight excluding hydrogens is 286 g/mol. The number of hydrogen-bond donors (Lipinski definition) is 1. The average molecular weight is 305 g/mol. The third-order valence-corrected chi connectivity index (χ3v) is 4.34. The predicted molar refractivity (Wildman–Crippen MR) is 78.1 cm³/mol. The topological polar surface area (TPSA) is 76.1 Å². The Bertz CT molecular complexity index is 600. The van der Waals surface area contributed by atoms with Gasteiger partial charge in [0.15, 0.2) is 0 Å². The van der Waals surface area contributed by atoms with Crippen LogP contribution in [0.5, 0.6) is 11.5 Å². The number of carbonyl (C=O) groups is 2. The van der Waals surface area contributed by atoms with E-state index in [4.69, 9.17) is 9.47 Å². The highest BCUT2D eigenvalue weighted by molar-refractivity contribution is 5.86. The van der Waals surface area contributed by atoms with E-state index in [1.807, 2.05) is 18.2 Å². The molecule has 2 heterocycles. The second-order valence-electron chi connectivity index (χ2n) is 5.71. The summed E-state index contributed by atoms with van der Waals surface area (Å²) in [4.78, 5) is 25.4. The summed E-state index contributed by atoms with van der Waals surface area (Å²) < 4.78 is 10.9. The second kappa shape index (κ2) is 5.87. The molecule has 0 aliphatic carbocycles. The van der Waals surface area contributed by atoms with Gasteiger partial charge in [0.25, 0.3) is 0 Å². The van der Waals surface area contributed by atoms with Gasteiger partial charge < -0.3 is 19.5 Å². The molecule has 1 fully saturated rings. The summed E-state index contributed by atoms with van der Waals surface area (Å²) in [5.41, 5.74) is 0.926. The quantitative estimate of drug-likeness (QED) is 0.911. The van der Waals surface area contributed by atoms with Crippen molar-refractivity contribution < 1.29 is 24.2 Å². The van der Waals surface area contributed by atoms with E-state index in [2.05, 4.69) is 0 Å². The summed E-state index contributed by atoms with van der Waals surface area (Å²) in [6, 6.07) is 4.83. The molecule has 1 aromatic rings. The first-order valence-electron chi connectivity index (χ1n) is 7.43. The largest absolute Gasteiger partial charge is 0.497 e. The number of aliphatic carboxylic acids is 1. The van der Waals surface area contributed by atoms with Gasteiger partial charge in [-0.15, -0.1) is 0 Å². The fourth-order valence-electron chi connectivity index (χ4n) is 3.18. The molecule has 3 rings (SSSR count). The number of fused-ring (bicyclic) bond motifs is 1. The van der Waals surface area contributed by atoms with E-state index >= 15 is 0 Å². The molecule has 1 saturated heterocycles. The van der Waals surface area contributed by atoms with Crippen LogP contribution in [0.1, 0.15) is 18.4 Å². The number of rotatable bonds is 3. The zero-order valence-electron chi connectivity index (χ0n) is 12.4. The van der Waals surface area contributed by atoms with Gasteiger partial charge in [-0.05, 0) is 43.0 Å². The number of ether oxygens (including phenoxy) is 2. The molecule has 0 radical (unpaired) electrons. The zero-order chi connectivity index (χ0) is 15.7. The fourth-order valence-corrected chi connectivity index (χ4v) is 3.18. The van der Waals surface area contributed by atoms with E-state index in [0.717, 1.165) is 23.5 Å². The summed E-state index contributed by atoms with van der Waals surface area (Å²) in [5, 5.41) is 9.22. The average Bonchev–Trinajstić information content (AvgIpc) is 3.02. The molecule has 0 bridgehead atoms. The normalized spacial score (nSPS) is 23.6. The van der Waals surface area contributed by atoms with E-state index in [1.54, 1.807) is 7.11 Å². The molecule has 1 N–H and O–H groups in total. The molecular formula is C16H19NO5. The van der Waals surface area contributed by atoms with Gasteiger partial charge in [0.2, 0.25) is 5.91 Å². The Morgan fingerprint density at radius 2 is 2.23 bits per heavy atom. The zero-order valence-corrected chi connectivity index (χ0v) is 12.4. The van der Waals surface area contributed by atoms with Crippen molar-refractivity contribution in [2.75, 3.05) is 20.3 Å². The van der Waals surface area contributed by atoms with Crippen LogP contribution in [0.25, 0.3) is 0 Å². The van der Waals surface area contributed by atoms with Crippen LogP contribution >= 0.6 is 0 Å². The molecule has 1 aromatic carbocycles. The van der Waals surface area contributed by atoms with Gasteiger partial charge in [0.1, 0.15) is 24.1 Å². The van der Waals surface area contributed by atoms with Gasteiger partial charge >= 0.3 is 5.97 Å². The summed E-state index contributed by atoms with van der Waals surface area (Å²) in [6.45, 7) is 0.804. The number of carboxylic acid groups (broad SMARTS) is 1. The summed E-state index contributed by atoms with van der Waals surface area (Å²) in [6.07, 6.45) is 1.81. The van der Waals surface area contributed by atoms with Crippen LogP contribution < -0.4 is 9.47 Å². The van der Waals surface area contributed by atoms with Crippen LogP contribution in [0.3, 0.4) is 0 Å². The van der Waals surface area contributed by atoms with Gasteiger partial charge in [-0.3, -0.25) is 4.79 Å². The van der Waals surface area contributed by atoms with Crippen LogP contribution in [-0.2, 0) is 16.0 Å². The summed E-state index contributed by atoms with van der Waals surface area (Å²) in [5.74, 6) is 0.101. The van der Waals surface area contributed by atoms with Crippen molar-refractivity contribution >= 4 is 11.9 Å². The van der Waals surface area contributed by atoms with Gasteiger partial charge in [-0.2, -0.15) is 0 Å². The number of carbonyl (C=O) groups excluding carboxylic acids is 1. The lowest BCUT2D eigenvalue weighted by molar-refractivity contribution is -0.150. The molecule has 2 aliphatic rings. The van der Waals surface area contributed by atoms with Crippen molar-refractivity contribution in [1.29, 1.82) is 0 Å². The van der Waals surface area contributed by atoms with E-state index < -0.39 is 12.0 Å². The van der Waals surface area contributed by atoms with Gasteiger partial charge in [-0.1, -0.05) is 0 Å². The second-order valence-corrected chi connectivity index (χ2v) is 5.71. The van der Waals surface area contributed by atoms with Crippen LogP contribution in [0.2, 0.25) is 0 Å². The van der Waals surface area contributed by atoms with Crippen LogP contribution in [-0.4, -0.2) is 48.2 Å². The fraction of sp³-hybridized carbons (Fsp3) is 0.500. The molecule has 0 spiro atoms. The molecule has 1 amide bonds. The Morgan fingerprint density at radius 3 is 2.95 bits per heavy atom. The first-order valence-corrected chi connectivity index (χ1v) is 7.43. The SMILES string of the molecule is COc1ccc2c(c1)CC(C(=O)N1CCC[C@H]1C(=O)O)CO2. The Balaban J connectivity index is 1.76. The van der Waals surface area contributed by atoms with Crippen molar-refractivity contribution in [3.8, 4) is 11.5 Å². The minimum absolute atomic E-state index is 0.127. The molecule has 118 valence electrons. The van der Waals surface area contributed by atoms with Gasteiger partial charge in [-0.25, -0.2) is 4.79 Å². The van der Waals surface area contributed by atoms with E-state index in [9.17, 15) is 14.7 Å². The first kappa shape index (κ1) is 14.7. The molecule has 0 saturated carbocycles. The number of likely N-dealkylation sites (tertiary alicyclic amines) is 1. The third kappa shape index (κ3) is 2.61. The number of amides is 1. The predicted octanol–water partition coefficient (Wildman–Crippen LogP) is 1.32. The van der Waals surface area contributed by atoms with Crippen LogP contribution in [0.15, 0.2) is 18.2 Å². The number of carboxylic acids is 1. The summed E-state index contributed by atoms with van der Waals surface area (Å²) >= 11 is 0. The monoisotopic (exact) mass is 305 g/mol. The van der Waals surface area contributed by atoms with E-state index in [0.29, 0.717) is 26.0 Å². The number of nitrogens with zero attached hydrogens (tertiary/aromatic N) is 1. The molecule has 6 heteroatoms. The maximum Gasteiger partial charge on any atom is 0.326 e. The number of methoxy groups -OCH3 is 1. The Morgan fingerprint density at radius 1 is 1.41 bits per heavy atom. The minimum Gasteiger partial charge on any atom is -0.497 e. The van der Waals surface area contributed by atoms with Crippen molar-refractivity contribution in [1.82, 2.24) is 4.90 Å². The smallest absolute Gasteiger partial charge is 0.326 e. The summed E-state index contributed by atoms with van der Waals surface area (Å²) in [7, 11) is 1.59. The Labute approximate surface area is 128 Å². The lowest BCUT2D eigenvalue weighted by Gasteiger charge is -2.30. The standard InChI is InChI=1S/C16H19NO5/c1-21-12-4-5-14-10(8-12)7-11(9-22-14)15(18)17-6-2-3-13(17)16(19)20/h4-5,8,11,13H,2-3,6-7,9H2,1H3,(H,19,20)/t11?,13-/m0/s1. The van der Waals surface area contributed by atoms with E-state index in [-0.39, 0.29) is 11.8 Å². The Kier molecular flexibility index (Phi) is 3.92. The van der Waals surface area contributed by atoms with Crippen molar-refractivity contribution in [2.45, 2.75) is 25.3 Å². The first-order chi connectivity index (χ1) is 10.6.